The van der Waals surface area contributed by atoms with Gasteiger partial charge in [-0.25, -0.2) is 4.39 Å². The Hall–Kier alpha value is -0.630. The number of hydrogen-bond donors (Lipinski definition) is 0. The van der Waals surface area contributed by atoms with Crippen molar-refractivity contribution in [2.45, 2.75) is 31.6 Å². The van der Waals surface area contributed by atoms with E-state index in [4.69, 9.17) is 11.6 Å². The SMILES string of the molecule is CCC(Cl)C(C)c1ccc(F)cn1. The van der Waals surface area contributed by atoms with E-state index in [1.807, 2.05) is 13.8 Å². The van der Waals surface area contributed by atoms with Gasteiger partial charge < -0.3 is 0 Å². The van der Waals surface area contributed by atoms with Gasteiger partial charge in [0.25, 0.3) is 0 Å². The van der Waals surface area contributed by atoms with Crippen LogP contribution in [0.3, 0.4) is 0 Å². The number of hydrogen-bond acceptors (Lipinski definition) is 1. The molecule has 0 aliphatic heterocycles. The second-order valence-corrected chi connectivity index (χ2v) is 3.67. The number of nitrogens with zero attached hydrogens (tertiary/aromatic N) is 1. The fourth-order valence-corrected chi connectivity index (χ4v) is 1.32. The monoisotopic (exact) mass is 201 g/mol. The molecule has 0 saturated carbocycles. The van der Waals surface area contributed by atoms with Gasteiger partial charge in [0.15, 0.2) is 0 Å². The van der Waals surface area contributed by atoms with Crippen molar-refractivity contribution in [1.82, 2.24) is 4.98 Å². The molecule has 0 N–H and O–H groups in total. The highest BCUT2D eigenvalue weighted by Gasteiger charge is 2.15. The van der Waals surface area contributed by atoms with Gasteiger partial charge in [-0.15, -0.1) is 11.6 Å². The molecule has 2 unspecified atom stereocenters. The normalized spacial score (nSPS) is 15.4. The summed E-state index contributed by atoms with van der Waals surface area (Å²) >= 11 is 6.06. The number of aromatic nitrogens is 1. The van der Waals surface area contributed by atoms with E-state index in [0.717, 1.165) is 12.1 Å². The van der Waals surface area contributed by atoms with Gasteiger partial charge in [0.05, 0.1) is 6.20 Å². The maximum atomic E-state index is 12.5. The minimum absolute atomic E-state index is 0.0676. The summed E-state index contributed by atoms with van der Waals surface area (Å²) in [6.45, 7) is 4.03. The van der Waals surface area contributed by atoms with E-state index >= 15 is 0 Å². The molecule has 72 valence electrons. The summed E-state index contributed by atoms with van der Waals surface area (Å²) in [5.41, 5.74) is 0.850. The minimum Gasteiger partial charge on any atom is -0.258 e. The standard InChI is InChI=1S/C10H13ClFN/c1-3-9(11)7(2)10-5-4-8(12)6-13-10/h4-7,9H,3H2,1-2H3. The van der Waals surface area contributed by atoms with Gasteiger partial charge >= 0.3 is 0 Å². The number of pyridine rings is 1. The van der Waals surface area contributed by atoms with Gasteiger partial charge in [0, 0.05) is 17.0 Å². The molecule has 1 aromatic rings. The summed E-state index contributed by atoms with van der Waals surface area (Å²) in [6.07, 6.45) is 2.12. The topological polar surface area (TPSA) is 12.9 Å². The van der Waals surface area contributed by atoms with Crippen LogP contribution in [0.15, 0.2) is 18.3 Å². The maximum absolute atomic E-state index is 12.5. The minimum atomic E-state index is -0.307. The molecule has 0 aromatic carbocycles. The molecule has 1 aromatic heterocycles. The summed E-state index contributed by atoms with van der Waals surface area (Å²) in [5, 5.41) is 0.0676. The van der Waals surface area contributed by atoms with Crippen LogP contribution in [0.25, 0.3) is 0 Å². The first-order valence-electron chi connectivity index (χ1n) is 4.40. The van der Waals surface area contributed by atoms with Crippen molar-refractivity contribution >= 4 is 11.6 Å². The highest BCUT2D eigenvalue weighted by molar-refractivity contribution is 6.21. The molecule has 1 heterocycles. The molecular weight excluding hydrogens is 189 g/mol. The number of halogens is 2. The molecule has 0 saturated heterocycles. The van der Waals surface area contributed by atoms with Gasteiger partial charge in [-0.05, 0) is 18.6 Å². The lowest BCUT2D eigenvalue weighted by atomic mass is 10.0. The Morgan fingerprint density at radius 1 is 1.54 bits per heavy atom. The Kier molecular flexibility index (Phi) is 3.67. The Balaban J connectivity index is 2.77. The Bertz CT molecular complexity index is 260. The van der Waals surface area contributed by atoms with Crippen LogP contribution >= 0.6 is 11.6 Å². The van der Waals surface area contributed by atoms with Gasteiger partial charge in [-0.3, -0.25) is 4.98 Å². The van der Waals surface area contributed by atoms with Crippen LogP contribution in [0.1, 0.15) is 31.9 Å². The average Bonchev–Trinajstić information content (AvgIpc) is 2.17. The van der Waals surface area contributed by atoms with Crippen LogP contribution in [-0.4, -0.2) is 10.4 Å². The first-order valence-corrected chi connectivity index (χ1v) is 4.84. The predicted octanol–water partition coefficient (Wildman–Crippen LogP) is 3.34. The average molecular weight is 202 g/mol. The van der Waals surface area contributed by atoms with Crippen LogP contribution in [0.5, 0.6) is 0 Å². The maximum Gasteiger partial charge on any atom is 0.141 e. The lowest BCUT2D eigenvalue weighted by Gasteiger charge is -2.15. The van der Waals surface area contributed by atoms with Crippen molar-refractivity contribution < 1.29 is 4.39 Å². The Morgan fingerprint density at radius 3 is 2.69 bits per heavy atom. The molecule has 2 atom stereocenters. The third-order valence-corrected chi connectivity index (χ3v) is 2.84. The van der Waals surface area contributed by atoms with Crippen molar-refractivity contribution in [2.75, 3.05) is 0 Å². The van der Waals surface area contributed by atoms with E-state index in [9.17, 15) is 4.39 Å². The molecule has 0 amide bonds. The first kappa shape index (κ1) is 10.5. The highest BCUT2D eigenvalue weighted by Crippen LogP contribution is 2.23. The molecule has 13 heavy (non-hydrogen) atoms. The number of rotatable bonds is 3. The third kappa shape index (κ3) is 2.66. The van der Waals surface area contributed by atoms with Gasteiger partial charge in [0.2, 0.25) is 0 Å². The molecule has 0 fully saturated rings. The zero-order valence-electron chi connectivity index (χ0n) is 7.80. The summed E-state index contributed by atoms with van der Waals surface area (Å²) in [6, 6.07) is 3.10. The Labute approximate surface area is 82.9 Å². The second kappa shape index (κ2) is 4.56. The summed E-state index contributed by atoms with van der Waals surface area (Å²) in [7, 11) is 0. The van der Waals surface area contributed by atoms with Crippen LogP contribution in [0.4, 0.5) is 4.39 Å². The van der Waals surface area contributed by atoms with E-state index in [-0.39, 0.29) is 17.1 Å². The van der Waals surface area contributed by atoms with E-state index in [2.05, 4.69) is 4.98 Å². The molecule has 3 heteroatoms. The van der Waals surface area contributed by atoms with Crippen molar-refractivity contribution in [3.05, 3.63) is 29.8 Å². The summed E-state index contributed by atoms with van der Waals surface area (Å²) in [5.74, 6) is -0.133. The van der Waals surface area contributed by atoms with E-state index in [1.54, 1.807) is 6.07 Å². The van der Waals surface area contributed by atoms with Crippen LogP contribution in [-0.2, 0) is 0 Å². The van der Waals surface area contributed by atoms with Crippen LogP contribution in [0.2, 0.25) is 0 Å². The van der Waals surface area contributed by atoms with Crippen molar-refractivity contribution in [3.8, 4) is 0 Å². The van der Waals surface area contributed by atoms with E-state index < -0.39 is 0 Å². The molecule has 0 radical (unpaired) electrons. The van der Waals surface area contributed by atoms with Gasteiger partial charge in [0.1, 0.15) is 5.82 Å². The lowest BCUT2D eigenvalue weighted by molar-refractivity contribution is 0.608. The fraction of sp³-hybridized carbons (Fsp3) is 0.500. The third-order valence-electron chi connectivity index (χ3n) is 2.15. The molecule has 0 bridgehead atoms. The number of alkyl halides is 1. The fourth-order valence-electron chi connectivity index (χ4n) is 1.20. The zero-order valence-corrected chi connectivity index (χ0v) is 8.55. The molecule has 0 spiro atoms. The molecular formula is C10H13ClFN. The summed E-state index contributed by atoms with van der Waals surface area (Å²) in [4.78, 5) is 3.99. The largest absolute Gasteiger partial charge is 0.258 e. The van der Waals surface area contributed by atoms with Gasteiger partial charge in [-0.2, -0.15) is 0 Å². The molecule has 1 nitrogen and oxygen atoms in total. The molecule has 1 rings (SSSR count). The second-order valence-electron chi connectivity index (χ2n) is 3.11. The smallest absolute Gasteiger partial charge is 0.141 e. The van der Waals surface area contributed by atoms with E-state index in [1.165, 1.54) is 12.3 Å². The molecule has 0 aliphatic rings. The van der Waals surface area contributed by atoms with Crippen LogP contribution < -0.4 is 0 Å². The zero-order chi connectivity index (χ0) is 9.84. The van der Waals surface area contributed by atoms with Crippen molar-refractivity contribution in [1.29, 1.82) is 0 Å². The van der Waals surface area contributed by atoms with Gasteiger partial charge in [-0.1, -0.05) is 13.8 Å². The Morgan fingerprint density at radius 2 is 2.23 bits per heavy atom. The first-order chi connectivity index (χ1) is 6.15. The predicted molar refractivity (Wildman–Crippen MR) is 52.5 cm³/mol. The quantitative estimate of drug-likeness (QED) is 0.684. The highest BCUT2D eigenvalue weighted by atomic mass is 35.5. The lowest BCUT2D eigenvalue weighted by Crippen LogP contribution is -2.09. The summed E-state index contributed by atoms with van der Waals surface area (Å²) < 4.78 is 12.5. The van der Waals surface area contributed by atoms with Crippen molar-refractivity contribution in [2.24, 2.45) is 0 Å². The van der Waals surface area contributed by atoms with Crippen LogP contribution in [0, 0.1) is 5.82 Å². The van der Waals surface area contributed by atoms with E-state index in [0.29, 0.717) is 0 Å². The van der Waals surface area contributed by atoms with Crippen molar-refractivity contribution in [3.63, 3.8) is 0 Å². The molecule has 0 aliphatic carbocycles.